The number of piperidine rings is 1. The summed E-state index contributed by atoms with van der Waals surface area (Å²) in [5.74, 6) is -3.32. The van der Waals surface area contributed by atoms with E-state index in [0.29, 0.717) is 32.2 Å². The van der Waals surface area contributed by atoms with E-state index >= 15 is 0 Å². The van der Waals surface area contributed by atoms with E-state index in [4.69, 9.17) is 9.26 Å². The van der Waals surface area contributed by atoms with Gasteiger partial charge in [-0.3, -0.25) is 38.3 Å². The number of nitrogens with zero attached hydrogens (tertiary/aromatic N) is 2. The molecule has 0 aromatic heterocycles. The van der Waals surface area contributed by atoms with Crippen molar-refractivity contribution in [2.24, 2.45) is 17.8 Å². The summed E-state index contributed by atoms with van der Waals surface area (Å²) in [5, 5.41) is 8.10. The highest BCUT2D eigenvalue weighted by atomic mass is 31.2. The molecule has 2 aliphatic heterocycles. The highest BCUT2D eigenvalue weighted by molar-refractivity contribution is 7.59. The number of nitrogens with one attached hydrogen (secondary N) is 3. The molecule has 5 atom stereocenters. The van der Waals surface area contributed by atoms with Crippen molar-refractivity contribution >= 4 is 43.0 Å². The number of hydrogen-bond acceptors (Lipinski definition) is 9. The normalized spacial score (nSPS) is 20.3. The molecule has 3 N–H and O–H groups in total. The third-order valence-corrected chi connectivity index (χ3v) is 11.2. The van der Waals surface area contributed by atoms with Gasteiger partial charge < -0.3 is 25.2 Å². The standard InChI is InChI=1S/C35H54N5O9P/c1-7-49-50(47,21-26(18-23(2)3)31(42)38-28(19-24(4)5)32(43)36-6)22-40-30(41)16-15-27(34(40)45)37-33(44)29-14-11-17-39(29)35(46)48-20-25-12-9-8-10-13-25/h8-10,12-13,23-24,26-29H,7,11,14-22H2,1-6H3,(H,36,43)(H,37,44)(H,38,42)/t26?,27-,28+,29+,50?/m1/s1. The van der Waals surface area contributed by atoms with Crippen LogP contribution in [0.15, 0.2) is 30.3 Å². The summed E-state index contributed by atoms with van der Waals surface area (Å²) in [5.41, 5.74) is 0.804. The van der Waals surface area contributed by atoms with E-state index in [1.54, 1.807) is 6.92 Å². The van der Waals surface area contributed by atoms with Gasteiger partial charge in [-0.05, 0) is 56.4 Å². The molecular formula is C35H54N5O9P. The number of carbonyl (C=O) groups excluding carboxylic acids is 6. The van der Waals surface area contributed by atoms with Gasteiger partial charge in [-0.2, -0.15) is 0 Å². The molecule has 0 aliphatic carbocycles. The zero-order valence-corrected chi connectivity index (χ0v) is 31.0. The molecule has 0 radical (unpaired) electrons. The van der Waals surface area contributed by atoms with Crippen molar-refractivity contribution in [2.45, 2.75) is 97.9 Å². The fourth-order valence-corrected chi connectivity index (χ4v) is 8.87. The van der Waals surface area contributed by atoms with E-state index in [0.717, 1.165) is 10.5 Å². The van der Waals surface area contributed by atoms with Crippen LogP contribution < -0.4 is 16.0 Å². The van der Waals surface area contributed by atoms with Crippen LogP contribution in [0.2, 0.25) is 0 Å². The molecule has 2 saturated heterocycles. The maximum Gasteiger partial charge on any atom is 0.410 e. The predicted octanol–water partition coefficient (Wildman–Crippen LogP) is 3.63. The van der Waals surface area contributed by atoms with Crippen molar-refractivity contribution in [3.63, 3.8) is 0 Å². The van der Waals surface area contributed by atoms with Gasteiger partial charge in [0.15, 0.2) is 0 Å². The Hall–Kier alpha value is -3.77. The minimum absolute atomic E-state index is 0.00970. The maximum atomic E-state index is 14.4. The monoisotopic (exact) mass is 719 g/mol. The van der Waals surface area contributed by atoms with E-state index in [1.807, 2.05) is 58.0 Å². The molecule has 0 saturated carbocycles. The number of likely N-dealkylation sites (N-methyl/N-ethyl adjacent to an activating group) is 1. The molecule has 1 aromatic carbocycles. The number of rotatable bonds is 17. The van der Waals surface area contributed by atoms with Gasteiger partial charge in [-0.15, -0.1) is 0 Å². The van der Waals surface area contributed by atoms with Crippen LogP contribution in [-0.4, -0.2) is 96.2 Å². The number of likely N-dealkylation sites (tertiary alicyclic amines) is 2. The van der Waals surface area contributed by atoms with Crippen LogP contribution >= 0.6 is 7.37 Å². The van der Waals surface area contributed by atoms with Crippen LogP contribution in [0, 0.1) is 17.8 Å². The second-order valence-corrected chi connectivity index (χ2v) is 16.4. The Kier molecular flexibility index (Phi) is 15.5. The van der Waals surface area contributed by atoms with Crippen LogP contribution in [-0.2, 0) is 44.4 Å². The third-order valence-electron chi connectivity index (χ3n) is 8.76. The first-order valence-electron chi connectivity index (χ1n) is 17.5. The van der Waals surface area contributed by atoms with Crippen LogP contribution in [0.3, 0.4) is 0 Å². The minimum atomic E-state index is -3.83. The lowest BCUT2D eigenvalue weighted by molar-refractivity contribution is -0.150. The molecule has 14 nitrogen and oxygen atoms in total. The van der Waals surface area contributed by atoms with Crippen molar-refractivity contribution in [3.8, 4) is 0 Å². The summed E-state index contributed by atoms with van der Waals surface area (Å²) in [6.07, 6.45) is 0.203. The molecule has 2 aliphatic rings. The summed E-state index contributed by atoms with van der Waals surface area (Å²) < 4.78 is 25.5. The number of imide groups is 1. The highest BCUT2D eigenvalue weighted by Gasteiger charge is 2.43. The number of amides is 6. The smallest absolute Gasteiger partial charge is 0.410 e. The van der Waals surface area contributed by atoms with Crippen LogP contribution in [0.5, 0.6) is 0 Å². The molecule has 2 heterocycles. The molecule has 0 bridgehead atoms. The molecule has 50 heavy (non-hydrogen) atoms. The van der Waals surface area contributed by atoms with Gasteiger partial charge in [0.1, 0.15) is 31.0 Å². The Morgan fingerprint density at radius 2 is 1.66 bits per heavy atom. The van der Waals surface area contributed by atoms with Crippen LogP contribution in [0.25, 0.3) is 0 Å². The lowest BCUT2D eigenvalue weighted by Gasteiger charge is -2.35. The molecule has 0 spiro atoms. The summed E-state index contributed by atoms with van der Waals surface area (Å²) in [4.78, 5) is 81.4. The fourth-order valence-electron chi connectivity index (χ4n) is 6.39. The van der Waals surface area contributed by atoms with Gasteiger partial charge in [0.2, 0.25) is 31.0 Å². The SMILES string of the molecule is CCOP(=O)(CC(CC(C)C)C(=O)N[C@@H](CC(C)C)C(=O)NC)CN1C(=O)CC[C@@H](NC(=O)[C@@H]2CCCN2C(=O)OCc2ccccc2)C1=O. The van der Waals surface area contributed by atoms with E-state index in [9.17, 15) is 33.3 Å². The Labute approximate surface area is 295 Å². The number of ether oxygens (including phenoxy) is 1. The van der Waals surface area contributed by atoms with E-state index < -0.39 is 67.4 Å². The quantitative estimate of drug-likeness (QED) is 0.160. The van der Waals surface area contributed by atoms with Gasteiger partial charge in [0.05, 0.1) is 6.61 Å². The topological polar surface area (TPSA) is 181 Å². The van der Waals surface area contributed by atoms with Crippen LogP contribution in [0.1, 0.15) is 78.7 Å². The molecule has 278 valence electrons. The van der Waals surface area contributed by atoms with E-state index in [1.165, 1.54) is 11.9 Å². The average Bonchev–Trinajstić information content (AvgIpc) is 3.56. The molecule has 2 unspecified atom stereocenters. The van der Waals surface area contributed by atoms with Crippen molar-refractivity contribution in [3.05, 3.63) is 35.9 Å². The van der Waals surface area contributed by atoms with Crippen molar-refractivity contribution < 1.29 is 42.6 Å². The largest absolute Gasteiger partial charge is 0.445 e. The summed E-state index contributed by atoms with van der Waals surface area (Å²) in [7, 11) is -2.34. The zero-order chi connectivity index (χ0) is 37.0. The Balaban J connectivity index is 1.71. The zero-order valence-electron chi connectivity index (χ0n) is 30.1. The van der Waals surface area contributed by atoms with Gasteiger partial charge in [-0.1, -0.05) is 58.0 Å². The summed E-state index contributed by atoms with van der Waals surface area (Å²) in [6.45, 7) is 9.71. The number of carbonyl (C=O) groups is 6. The minimum Gasteiger partial charge on any atom is -0.445 e. The first kappa shape index (κ1) is 40.7. The number of benzene rings is 1. The van der Waals surface area contributed by atoms with Gasteiger partial charge in [0, 0.05) is 32.1 Å². The van der Waals surface area contributed by atoms with Crippen molar-refractivity contribution in [1.29, 1.82) is 0 Å². The van der Waals surface area contributed by atoms with Gasteiger partial charge in [0.25, 0.3) is 5.91 Å². The molecule has 6 amide bonds. The van der Waals surface area contributed by atoms with Crippen molar-refractivity contribution in [1.82, 2.24) is 25.8 Å². The first-order chi connectivity index (χ1) is 23.7. The predicted molar refractivity (Wildman–Crippen MR) is 187 cm³/mol. The van der Waals surface area contributed by atoms with E-state index in [-0.39, 0.29) is 50.0 Å². The molecule has 2 fully saturated rings. The second kappa shape index (κ2) is 19.0. The highest BCUT2D eigenvalue weighted by Crippen LogP contribution is 2.50. The van der Waals surface area contributed by atoms with Gasteiger partial charge in [-0.25, -0.2) is 4.79 Å². The molecule has 3 rings (SSSR count). The maximum absolute atomic E-state index is 14.4. The summed E-state index contributed by atoms with van der Waals surface area (Å²) >= 11 is 0. The Morgan fingerprint density at radius 1 is 0.980 bits per heavy atom. The first-order valence-corrected chi connectivity index (χ1v) is 19.5. The summed E-state index contributed by atoms with van der Waals surface area (Å²) in [6, 6.07) is 6.44. The van der Waals surface area contributed by atoms with Crippen LogP contribution in [0.4, 0.5) is 4.79 Å². The molecule has 15 heteroatoms. The molecular weight excluding hydrogens is 665 g/mol. The average molecular weight is 720 g/mol. The lowest BCUT2D eigenvalue weighted by Crippen LogP contribution is -2.57. The second-order valence-electron chi connectivity index (χ2n) is 13.8. The Bertz CT molecular complexity index is 1410. The van der Waals surface area contributed by atoms with Gasteiger partial charge >= 0.3 is 6.09 Å². The Morgan fingerprint density at radius 3 is 2.28 bits per heavy atom. The third kappa shape index (κ3) is 11.7. The van der Waals surface area contributed by atoms with E-state index in [2.05, 4.69) is 16.0 Å². The molecule has 1 aromatic rings. The fraction of sp³-hybridized carbons (Fsp3) is 0.657. The lowest BCUT2D eigenvalue weighted by atomic mass is 9.96. The number of hydrogen-bond donors (Lipinski definition) is 3. The van der Waals surface area contributed by atoms with Crippen molar-refractivity contribution in [2.75, 3.05) is 32.6 Å².